The molecule has 0 heterocycles. The standard InChI is InChI=1S/C7H18N2S/c1-5-8-9(10)6-7(2,3)4/h8,10H,5-6H2,1-4H3. The predicted octanol–water partition coefficient (Wildman–Crippen LogP) is 1.70. The number of hydrogen-bond acceptors (Lipinski definition) is 3. The summed E-state index contributed by atoms with van der Waals surface area (Å²) in [4.78, 5) is 0. The fraction of sp³-hybridized carbons (Fsp3) is 1.00. The van der Waals surface area contributed by atoms with Gasteiger partial charge in [0.25, 0.3) is 0 Å². The molecule has 0 fully saturated rings. The molecule has 0 rings (SSSR count). The normalized spacial score (nSPS) is 12.6. The monoisotopic (exact) mass is 162 g/mol. The van der Waals surface area contributed by atoms with E-state index in [0.29, 0.717) is 5.41 Å². The van der Waals surface area contributed by atoms with Crippen molar-refractivity contribution in [2.75, 3.05) is 13.1 Å². The van der Waals surface area contributed by atoms with E-state index in [1.807, 2.05) is 4.41 Å². The fourth-order valence-corrected chi connectivity index (χ4v) is 1.25. The Morgan fingerprint density at radius 1 is 1.40 bits per heavy atom. The lowest BCUT2D eigenvalue weighted by Crippen LogP contribution is -2.36. The Kier molecular flexibility index (Phi) is 4.32. The molecule has 0 aliphatic carbocycles. The number of nitrogens with zero attached hydrogens (tertiary/aromatic N) is 1. The molecule has 0 bridgehead atoms. The van der Waals surface area contributed by atoms with Gasteiger partial charge < -0.3 is 0 Å². The summed E-state index contributed by atoms with van der Waals surface area (Å²) in [7, 11) is 0. The second-order valence-corrected chi connectivity index (χ2v) is 4.11. The first kappa shape index (κ1) is 10.3. The molecule has 10 heavy (non-hydrogen) atoms. The molecule has 0 aliphatic rings. The van der Waals surface area contributed by atoms with Crippen molar-refractivity contribution in [3.8, 4) is 0 Å². The summed E-state index contributed by atoms with van der Waals surface area (Å²) in [5.41, 5.74) is 3.41. The second-order valence-electron chi connectivity index (χ2n) is 3.63. The Bertz CT molecular complexity index is 88.1. The second kappa shape index (κ2) is 4.21. The predicted molar refractivity (Wildman–Crippen MR) is 48.8 cm³/mol. The van der Waals surface area contributed by atoms with E-state index in [1.165, 1.54) is 0 Å². The lowest BCUT2D eigenvalue weighted by atomic mass is 9.97. The van der Waals surface area contributed by atoms with Crippen LogP contribution in [0.5, 0.6) is 0 Å². The highest BCUT2D eigenvalue weighted by Gasteiger charge is 2.12. The SMILES string of the molecule is CCNN(S)CC(C)(C)C. The van der Waals surface area contributed by atoms with Gasteiger partial charge in [-0.15, -0.1) is 0 Å². The van der Waals surface area contributed by atoms with Gasteiger partial charge in [-0.1, -0.05) is 40.5 Å². The zero-order chi connectivity index (χ0) is 8.20. The fourth-order valence-electron chi connectivity index (χ4n) is 0.688. The van der Waals surface area contributed by atoms with E-state index in [0.717, 1.165) is 13.1 Å². The van der Waals surface area contributed by atoms with Gasteiger partial charge in [0.1, 0.15) is 0 Å². The third-order valence-corrected chi connectivity index (χ3v) is 1.25. The average Bonchev–Trinajstić information content (AvgIpc) is 1.59. The van der Waals surface area contributed by atoms with Crippen LogP contribution in [0.25, 0.3) is 0 Å². The summed E-state index contributed by atoms with van der Waals surface area (Å²) in [5.74, 6) is 0. The summed E-state index contributed by atoms with van der Waals surface area (Å²) in [5, 5.41) is 0. The molecule has 0 aromatic carbocycles. The maximum atomic E-state index is 4.23. The first-order valence-electron chi connectivity index (χ1n) is 3.65. The van der Waals surface area contributed by atoms with Gasteiger partial charge in [-0.25, -0.2) is 5.43 Å². The maximum absolute atomic E-state index is 4.23. The van der Waals surface area contributed by atoms with Gasteiger partial charge in [0.15, 0.2) is 0 Å². The van der Waals surface area contributed by atoms with Gasteiger partial charge in [0.2, 0.25) is 0 Å². The zero-order valence-corrected chi connectivity index (χ0v) is 8.20. The van der Waals surface area contributed by atoms with Crippen molar-refractivity contribution in [2.24, 2.45) is 5.41 Å². The number of thiol groups is 1. The minimum atomic E-state index is 0.309. The Hall–Kier alpha value is 0.270. The van der Waals surface area contributed by atoms with Crippen LogP contribution in [-0.4, -0.2) is 17.5 Å². The molecular formula is C7H18N2S. The zero-order valence-electron chi connectivity index (χ0n) is 7.31. The van der Waals surface area contributed by atoms with Crippen LogP contribution in [0.15, 0.2) is 0 Å². The molecule has 2 nitrogen and oxygen atoms in total. The van der Waals surface area contributed by atoms with Crippen molar-refractivity contribution < 1.29 is 0 Å². The average molecular weight is 162 g/mol. The topological polar surface area (TPSA) is 15.3 Å². The van der Waals surface area contributed by atoms with Crippen molar-refractivity contribution in [1.82, 2.24) is 9.84 Å². The van der Waals surface area contributed by atoms with Crippen molar-refractivity contribution in [3.63, 3.8) is 0 Å². The summed E-state index contributed by atoms with van der Waals surface area (Å²) in [6.45, 7) is 10.5. The molecule has 0 unspecified atom stereocenters. The highest BCUT2D eigenvalue weighted by molar-refractivity contribution is 7.77. The quantitative estimate of drug-likeness (QED) is 0.485. The molecule has 0 atom stereocenters. The van der Waals surface area contributed by atoms with Crippen LogP contribution >= 0.6 is 12.8 Å². The van der Waals surface area contributed by atoms with E-state index < -0.39 is 0 Å². The third kappa shape index (κ3) is 6.39. The van der Waals surface area contributed by atoms with Crippen LogP contribution in [0.3, 0.4) is 0 Å². The van der Waals surface area contributed by atoms with Gasteiger partial charge in [-0.3, -0.25) is 0 Å². The first-order valence-corrected chi connectivity index (χ1v) is 4.05. The third-order valence-electron chi connectivity index (χ3n) is 0.965. The summed E-state index contributed by atoms with van der Waals surface area (Å²) in [6.07, 6.45) is 0. The van der Waals surface area contributed by atoms with Gasteiger partial charge in [0.05, 0.1) is 0 Å². The Labute approximate surface area is 69.5 Å². The summed E-state index contributed by atoms with van der Waals surface area (Å²) in [6, 6.07) is 0. The Balaban J connectivity index is 3.47. The van der Waals surface area contributed by atoms with Crippen LogP contribution in [-0.2, 0) is 0 Å². The van der Waals surface area contributed by atoms with E-state index in [-0.39, 0.29) is 0 Å². The first-order chi connectivity index (χ1) is 4.45. The molecule has 0 aromatic heterocycles. The van der Waals surface area contributed by atoms with Crippen molar-refractivity contribution >= 4 is 12.8 Å². The molecule has 0 radical (unpaired) electrons. The summed E-state index contributed by atoms with van der Waals surface area (Å²) < 4.78 is 1.83. The highest BCUT2D eigenvalue weighted by Crippen LogP contribution is 2.14. The smallest absolute Gasteiger partial charge is 0.0290 e. The molecule has 0 saturated heterocycles. The Morgan fingerprint density at radius 2 is 1.90 bits per heavy atom. The van der Waals surface area contributed by atoms with Crippen LogP contribution in [0, 0.1) is 5.41 Å². The van der Waals surface area contributed by atoms with Gasteiger partial charge in [-0.05, 0) is 5.41 Å². The summed E-state index contributed by atoms with van der Waals surface area (Å²) >= 11 is 4.23. The lowest BCUT2D eigenvalue weighted by Gasteiger charge is -2.25. The largest absolute Gasteiger partial charge is 0.246 e. The van der Waals surface area contributed by atoms with Crippen LogP contribution in [0.2, 0.25) is 0 Å². The van der Waals surface area contributed by atoms with Gasteiger partial charge in [-0.2, -0.15) is 4.41 Å². The minimum Gasteiger partial charge on any atom is -0.246 e. The molecule has 1 N–H and O–H groups in total. The molecular weight excluding hydrogens is 144 g/mol. The maximum Gasteiger partial charge on any atom is 0.0290 e. The van der Waals surface area contributed by atoms with Crippen molar-refractivity contribution in [2.45, 2.75) is 27.7 Å². The van der Waals surface area contributed by atoms with Gasteiger partial charge in [0, 0.05) is 13.1 Å². The molecule has 0 aromatic rings. The number of hydrogen-bond donors (Lipinski definition) is 2. The van der Waals surface area contributed by atoms with E-state index in [4.69, 9.17) is 0 Å². The molecule has 3 heteroatoms. The molecule has 0 aliphatic heterocycles. The van der Waals surface area contributed by atoms with E-state index in [1.54, 1.807) is 0 Å². The number of rotatable bonds is 3. The molecule has 0 saturated carbocycles. The highest BCUT2D eigenvalue weighted by atomic mass is 32.1. The molecule has 0 amide bonds. The Morgan fingerprint density at radius 3 is 2.20 bits per heavy atom. The van der Waals surface area contributed by atoms with Crippen LogP contribution in [0.4, 0.5) is 0 Å². The number of hydrazine groups is 1. The number of nitrogens with one attached hydrogen (secondary N) is 1. The van der Waals surface area contributed by atoms with Crippen molar-refractivity contribution in [3.05, 3.63) is 0 Å². The molecule has 0 spiro atoms. The molecule has 62 valence electrons. The van der Waals surface area contributed by atoms with E-state index in [9.17, 15) is 0 Å². The van der Waals surface area contributed by atoms with Gasteiger partial charge >= 0.3 is 0 Å². The minimum absolute atomic E-state index is 0.309. The van der Waals surface area contributed by atoms with Crippen LogP contribution < -0.4 is 5.43 Å². The van der Waals surface area contributed by atoms with Crippen LogP contribution in [0.1, 0.15) is 27.7 Å². The van der Waals surface area contributed by atoms with Crippen molar-refractivity contribution in [1.29, 1.82) is 0 Å². The lowest BCUT2D eigenvalue weighted by molar-refractivity contribution is 0.252. The van der Waals surface area contributed by atoms with E-state index >= 15 is 0 Å². The van der Waals surface area contributed by atoms with E-state index in [2.05, 4.69) is 45.9 Å².